The van der Waals surface area contributed by atoms with Crippen LogP contribution in [0.1, 0.15) is 30.4 Å². The highest BCUT2D eigenvalue weighted by Crippen LogP contribution is 2.62. The molecule has 1 aromatic rings. The van der Waals surface area contributed by atoms with Crippen molar-refractivity contribution in [3.05, 3.63) is 23.3 Å². The molecule has 1 saturated carbocycles. The first-order valence-corrected chi connectivity index (χ1v) is 8.27. The number of likely N-dealkylation sites (tertiary alicyclic amines) is 1. The summed E-state index contributed by atoms with van der Waals surface area (Å²) in [7, 11) is 3.91. The molecule has 0 radical (unpaired) electrons. The molecule has 2 aliphatic heterocycles. The van der Waals surface area contributed by atoms with Crippen LogP contribution in [0, 0.1) is 5.92 Å². The summed E-state index contributed by atoms with van der Waals surface area (Å²) >= 11 is 0. The van der Waals surface area contributed by atoms with Gasteiger partial charge in [0.1, 0.15) is 0 Å². The number of piperidine rings is 1. The number of rotatable bonds is 1. The number of likely N-dealkylation sites (N-methyl/N-ethyl adjacent to an activating group) is 1. The molecular formula is C18H21NO3. The highest BCUT2D eigenvalue weighted by atomic mass is 16.5. The van der Waals surface area contributed by atoms with Gasteiger partial charge in [-0.15, -0.1) is 0 Å². The highest BCUT2D eigenvalue weighted by molar-refractivity contribution is 5.89. The Morgan fingerprint density at radius 1 is 1.41 bits per heavy atom. The van der Waals surface area contributed by atoms with E-state index in [2.05, 4.69) is 18.0 Å². The van der Waals surface area contributed by atoms with E-state index in [1.54, 1.807) is 7.11 Å². The molecule has 0 aromatic heterocycles. The van der Waals surface area contributed by atoms with Crippen molar-refractivity contribution in [3.8, 4) is 11.5 Å². The van der Waals surface area contributed by atoms with Gasteiger partial charge in [-0.05, 0) is 50.4 Å². The molecule has 0 N–H and O–H groups in total. The van der Waals surface area contributed by atoms with Crippen molar-refractivity contribution < 1.29 is 14.3 Å². The number of methoxy groups -OCH3 is 1. The summed E-state index contributed by atoms with van der Waals surface area (Å²) in [4.78, 5) is 15.1. The third-order valence-corrected chi connectivity index (χ3v) is 6.59. The summed E-state index contributed by atoms with van der Waals surface area (Å²) in [5, 5.41) is 0. The Morgan fingerprint density at radius 2 is 2.27 bits per heavy atom. The van der Waals surface area contributed by atoms with E-state index in [0.717, 1.165) is 37.3 Å². The van der Waals surface area contributed by atoms with Crippen molar-refractivity contribution >= 4 is 5.78 Å². The molecule has 2 fully saturated rings. The SMILES string of the molecule is COc1ccc2c3c1O[C@@H]1C(=O)CC[C@@H]4C(C2)N(C)CCC314. The van der Waals surface area contributed by atoms with Crippen LogP contribution in [-0.2, 0) is 16.6 Å². The zero-order valence-corrected chi connectivity index (χ0v) is 13.1. The molecule has 2 heterocycles. The zero-order chi connectivity index (χ0) is 15.1. The average Bonchev–Trinajstić information content (AvgIpc) is 2.88. The second-order valence-corrected chi connectivity index (χ2v) is 7.28. The second-order valence-electron chi connectivity index (χ2n) is 7.28. The molecule has 1 saturated heterocycles. The minimum absolute atomic E-state index is 0.0933. The number of carbonyl (C=O) groups is 1. The Bertz CT molecular complexity index is 685. The topological polar surface area (TPSA) is 38.8 Å². The molecule has 2 bridgehead atoms. The summed E-state index contributed by atoms with van der Waals surface area (Å²) < 4.78 is 11.8. The zero-order valence-electron chi connectivity index (χ0n) is 13.1. The Labute approximate surface area is 130 Å². The predicted molar refractivity (Wildman–Crippen MR) is 81.6 cm³/mol. The van der Waals surface area contributed by atoms with E-state index in [-0.39, 0.29) is 17.3 Å². The maximum Gasteiger partial charge on any atom is 0.174 e. The van der Waals surface area contributed by atoms with E-state index in [1.165, 1.54) is 11.1 Å². The standard InChI is InChI=1S/C18H21NO3/c1-19-8-7-18-11-4-5-13(20)17(18)22-16-14(21-2)6-3-10(15(16)18)9-12(11)19/h3,6,11-12,17H,4-5,7-9H2,1-2H3/t11-,12?,17-,18?/m1/s1. The van der Waals surface area contributed by atoms with Crippen molar-refractivity contribution in [1.29, 1.82) is 0 Å². The number of ketones is 1. The van der Waals surface area contributed by atoms with Crippen LogP contribution in [0.3, 0.4) is 0 Å². The van der Waals surface area contributed by atoms with E-state index in [1.807, 2.05) is 6.07 Å². The van der Waals surface area contributed by atoms with Gasteiger partial charge in [-0.1, -0.05) is 6.07 Å². The van der Waals surface area contributed by atoms with E-state index in [9.17, 15) is 4.79 Å². The molecule has 2 aliphatic carbocycles. The molecule has 116 valence electrons. The lowest BCUT2D eigenvalue weighted by Crippen LogP contribution is -2.65. The first-order valence-electron chi connectivity index (χ1n) is 8.27. The molecule has 0 amide bonds. The molecule has 4 aliphatic rings. The van der Waals surface area contributed by atoms with Gasteiger partial charge in [0.25, 0.3) is 0 Å². The fraction of sp³-hybridized carbons (Fsp3) is 0.611. The lowest BCUT2D eigenvalue weighted by Gasteiger charge is -2.57. The minimum atomic E-state index is -0.284. The number of Topliss-reactive ketones (excluding diaryl/α,β-unsaturated/α-hetero) is 1. The third-order valence-electron chi connectivity index (χ3n) is 6.59. The Balaban J connectivity index is 1.81. The monoisotopic (exact) mass is 299 g/mol. The van der Waals surface area contributed by atoms with Gasteiger partial charge >= 0.3 is 0 Å². The highest BCUT2D eigenvalue weighted by Gasteiger charge is 2.65. The average molecular weight is 299 g/mol. The summed E-state index contributed by atoms with van der Waals surface area (Å²) in [5.41, 5.74) is 2.57. The van der Waals surface area contributed by atoms with Gasteiger partial charge in [0, 0.05) is 23.4 Å². The molecular weight excluding hydrogens is 278 g/mol. The Morgan fingerprint density at radius 3 is 3.09 bits per heavy atom. The normalized spacial score (nSPS) is 38.5. The molecule has 4 nitrogen and oxygen atoms in total. The van der Waals surface area contributed by atoms with Crippen molar-refractivity contribution in [1.82, 2.24) is 4.90 Å². The first-order chi connectivity index (χ1) is 10.7. The van der Waals surface area contributed by atoms with Crippen LogP contribution in [0.5, 0.6) is 11.5 Å². The number of ether oxygens (including phenoxy) is 2. The van der Waals surface area contributed by atoms with Gasteiger partial charge < -0.3 is 14.4 Å². The molecule has 4 atom stereocenters. The largest absolute Gasteiger partial charge is 0.493 e. The van der Waals surface area contributed by atoms with Gasteiger partial charge in [0.05, 0.1) is 7.11 Å². The fourth-order valence-corrected chi connectivity index (χ4v) is 5.67. The smallest absolute Gasteiger partial charge is 0.174 e. The van der Waals surface area contributed by atoms with E-state index in [4.69, 9.17) is 9.47 Å². The maximum absolute atomic E-state index is 12.6. The van der Waals surface area contributed by atoms with Gasteiger partial charge in [0.15, 0.2) is 23.4 Å². The van der Waals surface area contributed by atoms with Gasteiger partial charge in [-0.2, -0.15) is 0 Å². The van der Waals surface area contributed by atoms with Gasteiger partial charge in [-0.3, -0.25) is 4.79 Å². The molecule has 5 rings (SSSR count). The van der Waals surface area contributed by atoms with Crippen LogP contribution in [0.2, 0.25) is 0 Å². The van der Waals surface area contributed by atoms with Crippen LogP contribution in [0.4, 0.5) is 0 Å². The summed E-state index contributed by atoms with van der Waals surface area (Å²) in [6.45, 7) is 1.05. The second kappa shape index (κ2) is 4.05. The fourth-order valence-electron chi connectivity index (χ4n) is 5.67. The van der Waals surface area contributed by atoms with Gasteiger partial charge in [0.2, 0.25) is 0 Å². The summed E-state index contributed by atoms with van der Waals surface area (Å²) in [6, 6.07) is 4.73. The predicted octanol–water partition coefficient (Wildman–Crippen LogP) is 1.93. The Kier molecular flexibility index (Phi) is 2.38. The van der Waals surface area contributed by atoms with E-state index in [0.29, 0.717) is 18.4 Å². The molecule has 1 aromatic carbocycles. The summed E-state index contributed by atoms with van der Waals surface area (Å²) in [6.07, 6.45) is 3.47. The van der Waals surface area contributed by atoms with Crippen LogP contribution in [0.15, 0.2) is 12.1 Å². The van der Waals surface area contributed by atoms with Gasteiger partial charge in [-0.25, -0.2) is 0 Å². The minimum Gasteiger partial charge on any atom is -0.493 e. The quantitative estimate of drug-likeness (QED) is 0.794. The van der Waals surface area contributed by atoms with E-state index < -0.39 is 0 Å². The van der Waals surface area contributed by atoms with Crippen molar-refractivity contribution in [3.63, 3.8) is 0 Å². The van der Waals surface area contributed by atoms with Crippen molar-refractivity contribution in [2.75, 3.05) is 20.7 Å². The lowest BCUT2D eigenvalue weighted by atomic mass is 9.52. The Hall–Kier alpha value is -1.55. The van der Waals surface area contributed by atoms with E-state index >= 15 is 0 Å². The number of nitrogens with zero attached hydrogens (tertiary/aromatic N) is 1. The van der Waals surface area contributed by atoms with Crippen LogP contribution in [0.25, 0.3) is 0 Å². The number of hydrogen-bond acceptors (Lipinski definition) is 4. The number of hydrogen-bond donors (Lipinski definition) is 0. The molecule has 22 heavy (non-hydrogen) atoms. The number of carbonyl (C=O) groups excluding carboxylic acids is 1. The molecule has 2 unspecified atom stereocenters. The van der Waals surface area contributed by atoms with Crippen LogP contribution in [-0.4, -0.2) is 43.5 Å². The number of benzene rings is 1. The van der Waals surface area contributed by atoms with Crippen molar-refractivity contribution in [2.45, 2.75) is 43.2 Å². The lowest BCUT2D eigenvalue weighted by molar-refractivity contribution is -0.138. The molecule has 4 heteroatoms. The van der Waals surface area contributed by atoms with Crippen LogP contribution < -0.4 is 9.47 Å². The molecule has 1 spiro atoms. The summed E-state index contributed by atoms with van der Waals surface area (Å²) in [5.74, 6) is 2.46. The van der Waals surface area contributed by atoms with Crippen LogP contribution >= 0.6 is 0 Å². The third kappa shape index (κ3) is 1.27. The van der Waals surface area contributed by atoms with Crippen molar-refractivity contribution in [2.24, 2.45) is 5.92 Å². The first kappa shape index (κ1) is 12.9. The maximum atomic E-state index is 12.6.